The summed E-state index contributed by atoms with van der Waals surface area (Å²) >= 11 is 0. The molecule has 0 bridgehead atoms. The summed E-state index contributed by atoms with van der Waals surface area (Å²) in [6.07, 6.45) is -0.123. The Morgan fingerprint density at radius 3 is 2.43 bits per heavy atom. The molecule has 1 amide bonds. The molecular formula is C22H25N3O5. The van der Waals surface area contributed by atoms with Crippen molar-refractivity contribution in [2.24, 2.45) is 0 Å². The fourth-order valence-electron chi connectivity index (χ4n) is 2.87. The minimum absolute atomic E-state index is 0.174. The van der Waals surface area contributed by atoms with Crippen molar-refractivity contribution in [2.45, 2.75) is 26.0 Å². The fraction of sp³-hybridized carbons (Fsp3) is 0.318. The summed E-state index contributed by atoms with van der Waals surface area (Å²) in [5.74, 6) is 2.53. The lowest BCUT2D eigenvalue weighted by atomic mass is 10.2. The van der Waals surface area contributed by atoms with E-state index >= 15 is 0 Å². The molecule has 30 heavy (non-hydrogen) atoms. The van der Waals surface area contributed by atoms with Crippen LogP contribution in [-0.4, -0.2) is 48.3 Å². The Bertz CT molecular complexity index is 988. The molecule has 0 aliphatic rings. The molecule has 1 atom stereocenters. The van der Waals surface area contributed by atoms with Gasteiger partial charge in [-0.3, -0.25) is 4.79 Å². The Morgan fingerprint density at radius 2 is 1.73 bits per heavy atom. The molecule has 2 aromatic carbocycles. The predicted octanol–water partition coefficient (Wildman–Crippen LogP) is 3.57. The van der Waals surface area contributed by atoms with E-state index in [1.807, 2.05) is 43.3 Å². The molecule has 0 radical (unpaired) electrons. The Hall–Kier alpha value is -3.55. The first-order chi connectivity index (χ1) is 14.5. The van der Waals surface area contributed by atoms with E-state index in [9.17, 15) is 4.79 Å². The van der Waals surface area contributed by atoms with E-state index in [0.29, 0.717) is 35.4 Å². The van der Waals surface area contributed by atoms with Gasteiger partial charge in [-0.15, -0.1) is 0 Å². The number of carbonyl (C=O) groups excluding carboxylic acids is 1. The molecular weight excluding hydrogens is 386 g/mol. The monoisotopic (exact) mass is 411 g/mol. The molecule has 0 fully saturated rings. The molecule has 0 aliphatic heterocycles. The summed E-state index contributed by atoms with van der Waals surface area (Å²) in [5, 5.41) is 4.00. The van der Waals surface area contributed by atoms with Crippen LogP contribution in [0.15, 0.2) is 53.1 Å². The van der Waals surface area contributed by atoms with E-state index in [0.717, 1.165) is 5.56 Å². The summed E-state index contributed by atoms with van der Waals surface area (Å²) in [4.78, 5) is 18.8. The molecule has 3 rings (SSSR count). The summed E-state index contributed by atoms with van der Waals surface area (Å²) in [6.45, 7) is 2.07. The standard InChI is InChI=1S/C22H25N3O5/c1-5-19(29-18-11-7-10-17(13-18)28-4)22(26)25(2)14-20-23-21(24-30-20)15-8-6-9-16(12-15)27-3/h6-13,19H,5,14H2,1-4H3. The number of methoxy groups -OCH3 is 2. The molecule has 1 unspecified atom stereocenters. The number of likely N-dealkylation sites (N-methyl/N-ethyl adjacent to an activating group) is 1. The predicted molar refractivity (Wildman–Crippen MR) is 110 cm³/mol. The van der Waals surface area contributed by atoms with Crippen molar-refractivity contribution in [1.29, 1.82) is 0 Å². The zero-order chi connectivity index (χ0) is 21.5. The fourth-order valence-corrected chi connectivity index (χ4v) is 2.87. The highest BCUT2D eigenvalue weighted by Crippen LogP contribution is 2.23. The second kappa shape index (κ2) is 9.78. The Kier molecular flexibility index (Phi) is 6.90. The molecule has 0 aliphatic carbocycles. The molecule has 8 nitrogen and oxygen atoms in total. The van der Waals surface area contributed by atoms with Gasteiger partial charge >= 0.3 is 0 Å². The van der Waals surface area contributed by atoms with Crippen LogP contribution in [0.4, 0.5) is 0 Å². The lowest BCUT2D eigenvalue weighted by molar-refractivity contribution is -0.138. The van der Waals surface area contributed by atoms with Gasteiger partial charge < -0.3 is 23.6 Å². The quantitative estimate of drug-likeness (QED) is 0.532. The molecule has 0 spiro atoms. The molecule has 3 aromatic rings. The van der Waals surface area contributed by atoms with Crippen LogP contribution in [0.25, 0.3) is 11.4 Å². The number of hydrogen-bond donors (Lipinski definition) is 0. The van der Waals surface area contributed by atoms with Crippen molar-refractivity contribution in [3.63, 3.8) is 0 Å². The molecule has 0 saturated heterocycles. The second-order valence-electron chi connectivity index (χ2n) is 6.63. The van der Waals surface area contributed by atoms with Gasteiger partial charge in [0.15, 0.2) is 6.10 Å². The molecule has 0 N–H and O–H groups in total. The van der Waals surface area contributed by atoms with Crippen LogP contribution >= 0.6 is 0 Å². The average Bonchev–Trinajstić information content (AvgIpc) is 3.25. The van der Waals surface area contributed by atoms with Gasteiger partial charge in [-0.25, -0.2) is 0 Å². The molecule has 158 valence electrons. The van der Waals surface area contributed by atoms with Gasteiger partial charge in [-0.1, -0.05) is 30.3 Å². The minimum atomic E-state index is -0.636. The van der Waals surface area contributed by atoms with Crippen molar-refractivity contribution in [1.82, 2.24) is 15.0 Å². The smallest absolute Gasteiger partial charge is 0.263 e. The zero-order valence-electron chi connectivity index (χ0n) is 17.5. The zero-order valence-corrected chi connectivity index (χ0v) is 17.5. The van der Waals surface area contributed by atoms with Gasteiger partial charge in [0.1, 0.15) is 17.2 Å². The van der Waals surface area contributed by atoms with Crippen LogP contribution in [0, 0.1) is 0 Å². The third kappa shape index (κ3) is 5.08. The van der Waals surface area contributed by atoms with Crippen LogP contribution in [0.2, 0.25) is 0 Å². The summed E-state index contributed by atoms with van der Waals surface area (Å²) in [5.41, 5.74) is 0.770. The normalized spacial score (nSPS) is 11.6. The number of rotatable bonds is 9. The first kappa shape index (κ1) is 21.2. The highest BCUT2D eigenvalue weighted by molar-refractivity contribution is 5.81. The second-order valence-corrected chi connectivity index (χ2v) is 6.63. The average molecular weight is 411 g/mol. The lowest BCUT2D eigenvalue weighted by Crippen LogP contribution is -2.39. The maximum Gasteiger partial charge on any atom is 0.263 e. The number of benzene rings is 2. The first-order valence-corrected chi connectivity index (χ1v) is 9.56. The van der Waals surface area contributed by atoms with Gasteiger partial charge in [-0.05, 0) is 30.7 Å². The number of hydrogen-bond acceptors (Lipinski definition) is 7. The van der Waals surface area contributed by atoms with E-state index < -0.39 is 6.10 Å². The van der Waals surface area contributed by atoms with Gasteiger partial charge in [0, 0.05) is 18.7 Å². The first-order valence-electron chi connectivity index (χ1n) is 9.56. The third-order valence-corrected chi connectivity index (χ3v) is 4.51. The number of aromatic nitrogens is 2. The van der Waals surface area contributed by atoms with Crippen molar-refractivity contribution in [3.8, 4) is 28.6 Å². The van der Waals surface area contributed by atoms with E-state index in [-0.39, 0.29) is 12.5 Å². The molecule has 8 heteroatoms. The van der Waals surface area contributed by atoms with E-state index in [4.69, 9.17) is 18.7 Å². The number of carbonyl (C=O) groups is 1. The van der Waals surface area contributed by atoms with Crippen LogP contribution in [0.3, 0.4) is 0 Å². The summed E-state index contributed by atoms with van der Waals surface area (Å²) in [7, 11) is 4.86. The van der Waals surface area contributed by atoms with Gasteiger partial charge in [0.05, 0.1) is 20.8 Å². The topological polar surface area (TPSA) is 86.9 Å². The minimum Gasteiger partial charge on any atom is -0.497 e. The number of ether oxygens (including phenoxy) is 3. The van der Waals surface area contributed by atoms with E-state index in [2.05, 4.69) is 10.1 Å². The van der Waals surface area contributed by atoms with Crippen LogP contribution in [-0.2, 0) is 11.3 Å². The van der Waals surface area contributed by atoms with Crippen molar-refractivity contribution < 1.29 is 23.5 Å². The van der Waals surface area contributed by atoms with Gasteiger partial charge in [0.2, 0.25) is 11.7 Å². The summed E-state index contributed by atoms with van der Waals surface area (Å²) < 4.78 is 21.6. The highest BCUT2D eigenvalue weighted by atomic mass is 16.5. The van der Waals surface area contributed by atoms with Crippen molar-refractivity contribution >= 4 is 5.91 Å². The van der Waals surface area contributed by atoms with Crippen LogP contribution < -0.4 is 14.2 Å². The van der Waals surface area contributed by atoms with Crippen LogP contribution in [0.5, 0.6) is 17.2 Å². The molecule has 1 heterocycles. The maximum absolute atomic E-state index is 12.9. The van der Waals surface area contributed by atoms with E-state index in [1.165, 1.54) is 4.90 Å². The molecule has 1 aromatic heterocycles. The van der Waals surface area contributed by atoms with Crippen molar-refractivity contribution in [2.75, 3.05) is 21.3 Å². The number of amides is 1. The van der Waals surface area contributed by atoms with E-state index in [1.54, 1.807) is 33.4 Å². The third-order valence-electron chi connectivity index (χ3n) is 4.51. The largest absolute Gasteiger partial charge is 0.497 e. The SMILES string of the molecule is CCC(Oc1cccc(OC)c1)C(=O)N(C)Cc1nc(-c2cccc(OC)c2)no1. The Labute approximate surface area is 175 Å². The number of nitrogens with zero attached hydrogens (tertiary/aromatic N) is 3. The highest BCUT2D eigenvalue weighted by Gasteiger charge is 2.24. The van der Waals surface area contributed by atoms with Crippen LogP contribution in [0.1, 0.15) is 19.2 Å². The lowest BCUT2D eigenvalue weighted by Gasteiger charge is -2.22. The maximum atomic E-state index is 12.9. The molecule has 0 saturated carbocycles. The van der Waals surface area contributed by atoms with Gasteiger partial charge in [0.25, 0.3) is 5.91 Å². The van der Waals surface area contributed by atoms with Crippen molar-refractivity contribution in [3.05, 3.63) is 54.4 Å². The summed E-state index contributed by atoms with van der Waals surface area (Å²) in [6, 6.07) is 14.5. The Balaban J connectivity index is 1.66. The Morgan fingerprint density at radius 1 is 1.07 bits per heavy atom. The van der Waals surface area contributed by atoms with Gasteiger partial charge in [-0.2, -0.15) is 4.98 Å².